The highest BCUT2D eigenvalue weighted by molar-refractivity contribution is 9.10. The Morgan fingerprint density at radius 3 is 3.09 bits per heavy atom. The van der Waals surface area contributed by atoms with Gasteiger partial charge in [0.05, 0.1) is 0 Å². The van der Waals surface area contributed by atoms with Gasteiger partial charge in [0.1, 0.15) is 5.84 Å². The molecule has 0 aromatic heterocycles. The van der Waals surface area contributed by atoms with Crippen LogP contribution in [0.25, 0.3) is 0 Å². The molecule has 3 nitrogen and oxygen atoms in total. The van der Waals surface area contributed by atoms with Crippen LogP contribution in [0.5, 0.6) is 0 Å². The van der Waals surface area contributed by atoms with E-state index in [1.165, 1.54) is 36.1 Å². The molecule has 3 rings (SSSR count). The zero-order valence-corrected chi connectivity index (χ0v) is 15.4. The molecule has 118 valence electrons. The van der Waals surface area contributed by atoms with Gasteiger partial charge >= 0.3 is 0 Å². The molecule has 0 saturated carbocycles. The monoisotopic (exact) mass is 379 g/mol. The number of hydrogen-bond acceptors (Lipinski definition) is 3. The fourth-order valence-electron chi connectivity index (χ4n) is 2.77. The largest absolute Gasteiger partial charge is 0.305 e. The molecule has 0 atom stereocenters. The minimum atomic E-state index is 0.926. The van der Waals surface area contributed by atoms with Crippen molar-refractivity contribution >= 4 is 38.7 Å². The van der Waals surface area contributed by atoms with Crippen molar-refractivity contribution in [2.24, 2.45) is 9.98 Å². The standard InChI is InChI=1S/C17H22BrN3S/c1-2-3-4-5-9-20-17-21-11-6-10-19-16(21)14-8-7-13(18)12-15(14)22-17/h7-8,12H,2-6,9-11H2,1H3. The van der Waals surface area contributed by atoms with E-state index in [2.05, 4.69) is 46.0 Å². The molecule has 0 fully saturated rings. The molecule has 0 N–H and O–H groups in total. The van der Waals surface area contributed by atoms with E-state index in [9.17, 15) is 0 Å². The van der Waals surface area contributed by atoms with Gasteiger partial charge in [0.2, 0.25) is 0 Å². The minimum absolute atomic E-state index is 0.926. The van der Waals surface area contributed by atoms with Gasteiger partial charge in [0.25, 0.3) is 0 Å². The first-order valence-corrected chi connectivity index (χ1v) is 9.74. The Bertz CT molecular complexity index is 598. The third-order valence-electron chi connectivity index (χ3n) is 3.93. The highest BCUT2D eigenvalue weighted by Crippen LogP contribution is 2.35. The van der Waals surface area contributed by atoms with Crippen molar-refractivity contribution in [3.05, 3.63) is 28.2 Å². The molecular formula is C17H22BrN3S. The Kier molecular flexibility index (Phi) is 5.58. The summed E-state index contributed by atoms with van der Waals surface area (Å²) in [7, 11) is 0. The van der Waals surface area contributed by atoms with Gasteiger partial charge in [0, 0.05) is 34.6 Å². The van der Waals surface area contributed by atoms with Crippen LogP contribution in [0.3, 0.4) is 0 Å². The second-order valence-electron chi connectivity index (χ2n) is 5.68. The third-order valence-corrected chi connectivity index (χ3v) is 5.52. The van der Waals surface area contributed by atoms with E-state index in [0.29, 0.717) is 0 Å². The number of halogens is 1. The van der Waals surface area contributed by atoms with Crippen LogP contribution < -0.4 is 0 Å². The van der Waals surface area contributed by atoms with Crippen molar-refractivity contribution in [2.75, 3.05) is 19.6 Å². The van der Waals surface area contributed by atoms with E-state index in [0.717, 1.165) is 41.5 Å². The van der Waals surface area contributed by atoms with Crippen molar-refractivity contribution in [1.29, 1.82) is 0 Å². The van der Waals surface area contributed by atoms with Crippen molar-refractivity contribution in [2.45, 2.75) is 43.9 Å². The number of rotatable bonds is 5. The Labute approximate surface area is 145 Å². The van der Waals surface area contributed by atoms with E-state index in [-0.39, 0.29) is 0 Å². The molecule has 5 heteroatoms. The lowest BCUT2D eigenvalue weighted by Gasteiger charge is -2.34. The Hall–Kier alpha value is -0.810. The lowest BCUT2D eigenvalue weighted by Crippen LogP contribution is -2.42. The Morgan fingerprint density at radius 1 is 1.32 bits per heavy atom. The number of fused-ring (bicyclic) bond motifs is 3. The number of nitrogens with zero attached hydrogens (tertiary/aromatic N) is 3. The molecule has 0 unspecified atom stereocenters. The molecule has 22 heavy (non-hydrogen) atoms. The highest BCUT2D eigenvalue weighted by atomic mass is 79.9. The normalized spacial score (nSPS) is 18.9. The maximum Gasteiger partial charge on any atom is 0.169 e. The summed E-state index contributed by atoms with van der Waals surface area (Å²) in [5.74, 6) is 1.11. The first kappa shape index (κ1) is 16.1. The molecule has 2 aliphatic rings. The Balaban J connectivity index is 1.82. The molecule has 0 saturated heterocycles. The predicted octanol–water partition coefficient (Wildman–Crippen LogP) is 4.94. The zero-order chi connectivity index (χ0) is 15.4. The van der Waals surface area contributed by atoms with Crippen LogP contribution in [-0.2, 0) is 0 Å². The second-order valence-corrected chi connectivity index (χ2v) is 7.60. The van der Waals surface area contributed by atoms with Crippen LogP contribution >= 0.6 is 27.7 Å². The fraction of sp³-hybridized carbons (Fsp3) is 0.529. The quantitative estimate of drug-likeness (QED) is 0.677. The van der Waals surface area contributed by atoms with Crippen molar-refractivity contribution in [1.82, 2.24) is 4.90 Å². The van der Waals surface area contributed by atoms with E-state index in [1.54, 1.807) is 11.8 Å². The van der Waals surface area contributed by atoms with Gasteiger partial charge in [-0.3, -0.25) is 9.98 Å². The van der Waals surface area contributed by atoms with Crippen molar-refractivity contribution < 1.29 is 0 Å². The SMILES string of the molecule is CCCCCCN=C1Sc2cc(Br)ccc2C2=NCCCN12. The smallest absolute Gasteiger partial charge is 0.169 e. The zero-order valence-electron chi connectivity index (χ0n) is 13.0. The summed E-state index contributed by atoms with van der Waals surface area (Å²) >= 11 is 5.36. The first-order chi connectivity index (χ1) is 10.8. The summed E-state index contributed by atoms with van der Waals surface area (Å²) < 4.78 is 1.12. The average molecular weight is 380 g/mol. The van der Waals surface area contributed by atoms with Gasteiger partial charge < -0.3 is 4.90 Å². The second kappa shape index (κ2) is 7.64. The highest BCUT2D eigenvalue weighted by Gasteiger charge is 2.29. The van der Waals surface area contributed by atoms with E-state index < -0.39 is 0 Å². The lowest BCUT2D eigenvalue weighted by molar-refractivity contribution is 0.550. The van der Waals surface area contributed by atoms with Gasteiger partial charge in [-0.15, -0.1) is 0 Å². The molecular weight excluding hydrogens is 358 g/mol. The van der Waals surface area contributed by atoms with Gasteiger partial charge in [-0.2, -0.15) is 0 Å². The van der Waals surface area contributed by atoms with E-state index in [4.69, 9.17) is 9.98 Å². The molecule has 2 aliphatic heterocycles. The molecule has 0 radical (unpaired) electrons. The van der Waals surface area contributed by atoms with Crippen LogP contribution in [-0.4, -0.2) is 35.5 Å². The first-order valence-electron chi connectivity index (χ1n) is 8.14. The fourth-order valence-corrected chi connectivity index (χ4v) is 4.38. The number of aliphatic imine (C=N–C) groups is 2. The average Bonchev–Trinajstić information content (AvgIpc) is 2.54. The van der Waals surface area contributed by atoms with Crippen LogP contribution in [0.1, 0.15) is 44.6 Å². The van der Waals surface area contributed by atoms with Crippen molar-refractivity contribution in [3.63, 3.8) is 0 Å². The van der Waals surface area contributed by atoms with E-state index in [1.807, 2.05) is 0 Å². The van der Waals surface area contributed by atoms with Gasteiger partial charge in [0.15, 0.2) is 5.17 Å². The molecule has 0 amide bonds. The van der Waals surface area contributed by atoms with Gasteiger partial charge in [-0.25, -0.2) is 0 Å². The summed E-state index contributed by atoms with van der Waals surface area (Å²) in [4.78, 5) is 13.2. The molecule has 0 spiro atoms. The predicted molar refractivity (Wildman–Crippen MR) is 99.2 cm³/mol. The van der Waals surface area contributed by atoms with Crippen LogP contribution in [0.2, 0.25) is 0 Å². The third kappa shape index (κ3) is 3.57. The molecule has 1 aromatic rings. The van der Waals surface area contributed by atoms with Crippen LogP contribution in [0.15, 0.2) is 37.6 Å². The number of unbranched alkanes of at least 4 members (excludes halogenated alkanes) is 3. The summed E-state index contributed by atoms with van der Waals surface area (Å²) in [5.41, 5.74) is 1.25. The number of hydrogen-bond donors (Lipinski definition) is 0. The van der Waals surface area contributed by atoms with Gasteiger partial charge in [-0.1, -0.05) is 53.9 Å². The molecule has 1 aromatic carbocycles. The topological polar surface area (TPSA) is 28.0 Å². The summed E-state index contributed by atoms with van der Waals surface area (Å²) in [5, 5.41) is 1.13. The lowest BCUT2D eigenvalue weighted by atomic mass is 10.1. The molecule has 0 aliphatic carbocycles. The number of benzene rings is 1. The van der Waals surface area contributed by atoms with E-state index >= 15 is 0 Å². The number of thioether (sulfide) groups is 1. The molecule has 2 heterocycles. The maximum atomic E-state index is 4.88. The number of amidine groups is 2. The van der Waals surface area contributed by atoms with Crippen LogP contribution in [0, 0.1) is 0 Å². The summed E-state index contributed by atoms with van der Waals surface area (Å²) in [6.07, 6.45) is 6.16. The maximum absolute atomic E-state index is 4.88. The Morgan fingerprint density at radius 2 is 2.23 bits per heavy atom. The van der Waals surface area contributed by atoms with Gasteiger partial charge in [-0.05, 0) is 31.0 Å². The minimum Gasteiger partial charge on any atom is -0.305 e. The molecule has 0 bridgehead atoms. The summed E-state index contributed by atoms with van der Waals surface area (Å²) in [6, 6.07) is 6.45. The summed E-state index contributed by atoms with van der Waals surface area (Å²) in [6.45, 7) is 5.13. The van der Waals surface area contributed by atoms with Crippen LogP contribution in [0.4, 0.5) is 0 Å². The van der Waals surface area contributed by atoms with Crippen molar-refractivity contribution in [3.8, 4) is 0 Å².